The van der Waals surface area contributed by atoms with Crippen LogP contribution in [-0.4, -0.2) is 47.5 Å². The average molecular weight is 443 g/mol. The molecule has 2 atom stereocenters. The molecule has 0 spiro atoms. The van der Waals surface area contributed by atoms with Crippen molar-refractivity contribution in [2.24, 2.45) is 5.92 Å². The van der Waals surface area contributed by atoms with Gasteiger partial charge in [0.05, 0.1) is 23.5 Å². The lowest BCUT2D eigenvalue weighted by Crippen LogP contribution is -2.29. The third kappa shape index (κ3) is 5.85. The Morgan fingerprint density at radius 3 is 2.55 bits per heavy atom. The van der Waals surface area contributed by atoms with E-state index in [2.05, 4.69) is 6.92 Å². The van der Waals surface area contributed by atoms with Crippen molar-refractivity contribution in [2.45, 2.75) is 57.8 Å². The molecule has 0 bridgehead atoms. The molecule has 0 fully saturated rings. The first-order valence-corrected chi connectivity index (χ1v) is 12.1. The third-order valence-corrected chi connectivity index (χ3v) is 7.69. The lowest BCUT2D eigenvalue weighted by atomic mass is 9.90. The molecule has 0 aliphatic carbocycles. The SMILES string of the molecule is CCC/C(=C\c1ccc(O)cc1Cl)CC[C@@H](O)C1=C(C(C)C)CS(=O)(=O)[C@H]1CO. The van der Waals surface area contributed by atoms with Gasteiger partial charge in [-0.2, -0.15) is 0 Å². The zero-order valence-electron chi connectivity index (χ0n) is 17.2. The molecular formula is C22H31ClO5S. The second-order valence-corrected chi connectivity index (χ2v) is 10.5. The quantitative estimate of drug-likeness (QED) is 0.500. The van der Waals surface area contributed by atoms with Gasteiger partial charge >= 0.3 is 0 Å². The first kappa shape index (κ1) is 23.9. The van der Waals surface area contributed by atoms with Crippen LogP contribution in [0.2, 0.25) is 5.02 Å². The molecule has 0 radical (unpaired) electrons. The maximum atomic E-state index is 12.4. The summed E-state index contributed by atoms with van der Waals surface area (Å²) >= 11 is 6.21. The molecule has 162 valence electrons. The van der Waals surface area contributed by atoms with Crippen LogP contribution >= 0.6 is 11.6 Å². The molecule has 0 saturated carbocycles. The summed E-state index contributed by atoms with van der Waals surface area (Å²) < 4.78 is 24.8. The van der Waals surface area contributed by atoms with Gasteiger partial charge in [0.25, 0.3) is 0 Å². The molecule has 1 aliphatic heterocycles. The van der Waals surface area contributed by atoms with Crippen molar-refractivity contribution in [1.29, 1.82) is 0 Å². The number of phenols is 1. The number of hydrogen-bond donors (Lipinski definition) is 3. The highest BCUT2D eigenvalue weighted by atomic mass is 35.5. The van der Waals surface area contributed by atoms with E-state index in [1.54, 1.807) is 12.1 Å². The molecule has 1 aromatic rings. The molecule has 0 amide bonds. The molecule has 1 heterocycles. The Kier molecular flexibility index (Phi) is 8.35. The Labute approximate surface area is 178 Å². The number of phenolic OH excluding ortho intramolecular Hbond substituents is 1. The van der Waals surface area contributed by atoms with Gasteiger partial charge in [-0.3, -0.25) is 0 Å². The van der Waals surface area contributed by atoms with Crippen molar-refractivity contribution in [3.05, 3.63) is 45.5 Å². The summed E-state index contributed by atoms with van der Waals surface area (Å²) in [6.07, 6.45) is 3.74. The van der Waals surface area contributed by atoms with Crippen LogP contribution < -0.4 is 0 Å². The predicted molar refractivity (Wildman–Crippen MR) is 118 cm³/mol. The van der Waals surface area contributed by atoms with E-state index in [0.29, 0.717) is 23.4 Å². The van der Waals surface area contributed by atoms with E-state index in [-0.39, 0.29) is 17.4 Å². The molecule has 0 saturated heterocycles. The van der Waals surface area contributed by atoms with Gasteiger partial charge in [0.15, 0.2) is 9.84 Å². The van der Waals surface area contributed by atoms with Gasteiger partial charge < -0.3 is 15.3 Å². The van der Waals surface area contributed by atoms with E-state index in [9.17, 15) is 23.7 Å². The Morgan fingerprint density at radius 1 is 1.31 bits per heavy atom. The van der Waals surface area contributed by atoms with Crippen LogP contribution in [0.5, 0.6) is 5.75 Å². The summed E-state index contributed by atoms with van der Waals surface area (Å²) in [5.41, 5.74) is 3.08. The van der Waals surface area contributed by atoms with Crippen LogP contribution in [0.3, 0.4) is 0 Å². The number of aromatic hydroxyl groups is 1. The van der Waals surface area contributed by atoms with Crippen molar-refractivity contribution in [3.63, 3.8) is 0 Å². The average Bonchev–Trinajstić information content (AvgIpc) is 2.92. The minimum atomic E-state index is -3.47. The minimum Gasteiger partial charge on any atom is -0.508 e. The van der Waals surface area contributed by atoms with Crippen molar-refractivity contribution >= 4 is 27.5 Å². The summed E-state index contributed by atoms with van der Waals surface area (Å²) in [7, 11) is -3.47. The van der Waals surface area contributed by atoms with Gasteiger partial charge in [-0.1, -0.05) is 50.4 Å². The van der Waals surface area contributed by atoms with Gasteiger partial charge in [-0.05, 0) is 60.1 Å². The van der Waals surface area contributed by atoms with Crippen LogP contribution in [0.15, 0.2) is 34.9 Å². The molecule has 5 nitrogen and oxygen atoms in total. The number of allylic oxidation sites excluding steroid dienone is 1. The second-order valence-electron chi connectivity index (χ2n) is 7.93. The maximum absolute atomic E-state index is 12.4. The Balaban J connectivity index is 2.24. The maximum Gasteiger partial charge on any atom is 0.163 e. The summed E-state index contributed by atoms with van der Waals surface area (Å²) in [5.74, 6) is 0.000893. The van der Waals surface area contributed by atoms with Crippen LogP contribution in [0, 0.1) is 5.92 Å². The van der Waals surface area contributed by atoms with E-state index in [4.69, 9.17) is 11.6 Å². The smallest absolute Gasteiger partial charge is 0.163 e. The van der Waals surface area contributed by atoms with Gasteiger partial charge in [0.2, 0.25) is 0 Å². The van der Waals surface area contributed by atoms with Crippen LogP contribution in [0.1, 0.15) is 52.0 Å². The van der Waals surface area contributed by atoms with Crippen molar-refractivity contribution in [3.8, 4) is 5.75 Å². The van der Waals surface area contributed by atoms with Gasteiger partial charge in [0, 0.05) is 0 Å². The van der Waals surface area contributed by atoms with E-state index in [1.807, 2.05) is 19.9 Å². The number of aliphatic hydroxyl groups excluding tert-OH is 2. The first-order chi connectivity index (χ1) is 13.6. The standard InChI is InChI=1S/C22H31ClO5S/c1-4-5-15(10-16-7-8-17(25)11-19(16)23)6-9-20(26)22-18(14(2)3)13-29(27,28)21(22)12-24/h7-8,10-11,14,20-21,24-26H,4-6,9,12-13H2,1-3H3/b15-10+/t20-,21+/m1/s1. The Bertz CT molecular complexity index is 886. The van der Waals surface area contributed by atoms with Gasteiger partial charge in [0.1, 0.15) is 11.0 Å². The topological polar surface area (TPSA) is 94.8 Å². The molecule has 0 unspecified atom stereocenters. The number of aliphatic hydroxyl groups is 2. The highest BCUT2D eigenvalue weighted by molar-refractivity contribution is 7.92. The van der Waals surface area contributed by atoms with Crippen molar-refractivity contribution in [1.82, 2.24) is 0 Å². The molecule has 29 heavy (non-hydrogen) atoms. The van der Waals surface area contributed by atoms with Gasteiger partial charge in [-0.15, -0.1) is 0 Å². The zero-order valence-corrected chi connectivity index (χ0v) is 18.8. The fourth-order valence-corrected chi connectivity index (χ4v) is 6.15. The fourth-order valence-electron chi connectivity index (χ4n) is 3.86. The van der Waals surface area contributed by atoms with Gasteiger partial charge in [-0.25, -0.2) is 8.42 Å². The molecule has 7 heteroatoms. The summed E-state index contributed by atoms with van der Waals surface area (Å²) in [6.45, 7) is 5.37. The van der Waals surface area contributed by atoms with Crippen molar-refractivity contribution < 1.29 is 23.7 Å². The molecule has 1 aliphatic rings. The monoisotopic (exact) mass is 442 g/mol. The zero-order chi connectivity index (χ0) is 21.8. The summed E-state index contributed by atoms with van der Waals surface area (Å²) in [6, 6.07) is 4.81. The number of sulfone groups is 1. The normalized spacial score (nSPS) is 20.5. The van der Waals surface area contributed by atoms with Crippen LogP contribution in [-0.2, 0) is 9.84 Å². The lowest BCUT2D eigenvalue weighted by molar-refractivity contribution is 0.187. The van der Waals surface area contributed by atoms with E-state index >= 15 is 0 Å². The second kappa shape index (κ2) is 10.1. The van der Waals surface area contributed by atoms with E-state index in [1.165, 1.54) is 6.07 Å². The van der Waals surface area contributed by atoms with E-state index < -0.39 is 27.8 Å². The minimum absolute atomic E-state index is 0.00701. The Morgan fingerprint density at radius 2 is 2.00 bits per heavy atom. The lowest BCUT2D eigenvalue weighted by Gasteiger charge is -2.20. The molecular weight excluding hydrogens is 412 g/mol. The number of benzene rings is 1. The highest BCUT2D eigenvalue weighted by Gasteiger charge is 2.41. The fraction of sp³-hybridized carbons (Fsp3) is 0.545. The first-order valence-electron chi connectivity index (χ1n) is 10.0. The van der Waals surface area contributed by atoms with Crippen molar-refractivity contribution in [2.75, 3.05) is 12.4 Å². The third-order valence-electron chi connectivity index (χ3n) is 5.38. The molecule has 1 aromatic carbocycles. The Hall–Kier alpha value is -1.34. The van der Waals surface area contributed by atoms with E-state index in [0.717, 1.165) is 29.6 Å². The number of halogens is 1. The van der Waals surface area contributed by atoms with Crippen LogP contribution in [0.4, 0.5) is 0 Å². The van der Waals surface area contributed by atoms with Crippen LogP contribution in [0.25, 0.3) is 6.08 Å². The highest BCUT2D eigenvalue weighted by Crippen LogP contribution is 2.35. The number of hydrogen-bond acceptors (Lipinski definition) is 5. The predicted octanol–water partition coefficient (Wildman–Crippen LogP) is 4.11. The number of rotatable bonds is 9. The molecule has 2 rings (SSSR count). The largest absolute Gasteiger partial charge is 0.508 e. The molecule has 3 N–H and O–H groups in total. The summed E-state index contributed by atoms with van der Waals surface area (Å²) in [5, 5.41) is 29.5. The molecule has 0 aromatic heterocycles. The summed E-state index contributed by atoms with van der Waals surface area (Å²) in [4.78, 5) is 0.